The fourth-order valence-electron chi connectivity index (χ4n) is 12.5. The van der Waals surface area contributed by atoms with Crippen LogP contribution in [0.4, 0.5) is 0 Å². The van der Waals surface area contributed by atoms with E-state index in [2.05, 4.69) is 45.1 Å². The zero-order valence-electron chi connectivity index (χ0n) is 32.8. The van der Waals surface area contributed by atoms with Gasteiger partial charge in [-0.05, 0) is 103 Å². The maximum atomic E-state index is 14.8. The maximum absolute atomic E-state index is 14.8. The number of ether oxygens (including phenoxy) is 2. The number of aromatic nitrogens is 1. The number of benzene rings is 1. The van der Waals surface area contributed by atoms with E-state index in [1.807, 2.05) is 50.3 Å². The first-order valence-electron chi connectivity index (χ1n) is 19.5. The van der Waals surface area contributed by atoms with Gasteiger partial charge in [-0.3, -0.25) is 9.59 Å². The lowest BCUT2D eigenvalue weighted by molar-refractivity contribution is -0.326. The van der Waals surface area contributed by atoms with Gasteiger partial charge in [-0.15, -0.1) is 0 Å². The lowest BCUT2D eigenvalue weighted by Gasteiger charge is -2.71. The van der Waals surface area contributed by atoms with Gasteiger partial charge < -0.3 is 29.5 Å². The number of carbonyl (C=O) groups is 3. The Morgan fingerprint density at radius 2 is 1.70 bits per heavy atom. The molecule has 0 aliphatic heterocycles. The molecule has 1 heterocycles. The van der Waals surface area contributed by atoms with Gasteiger partial charge in [0.05, 0.1) is 13.7 Å². The second-order valence-electron chi connectivity index (χ2n) is 19.0. The van der Waals surface area contributed by atoms with Crippen LogP contribution in [0.2, 0.25) is 0 Å². The molecule has 9 atom stereocenters. The average Bonchev–Trinajstić information content (AvgIpc) is 3.59. The molecule has 53 heavy (non-hydrogen) atoms. The van der Waals surface area contributed by atoms with Crippen LogP contribution in [-0.4, -0.2) is 52.5 Å². The third kappa shape index (κ3) is 5.55. The monoisotopic (exact) mass is 730 g/mol. The average molecular weight is 731 g/mol. The Morgan fingerprint density at radius 1 is 0.981 bits per heavy atom. The Labute approximate surface area is 313 Å². The van der Waals surface area contributed by atoms with E-state index in [1.54, 1.807) is 7.11 Å². The highest BCUT2D eigenvalue weighted by Gasteiger charge is 2.72. The van der Waals surface area contributed by atoms with E-state index in [0.29, 0.717) is 30.0 Å². The van der Waals surface area contributed by atoms with Crippen LogP contribution in [0.25, 0.3) is 11.3 Å². The van der Waals surface area contributed by atoms with Gasteiger partial charge in [-0.2, -0.15) is 0 Å². The summed E-state index contributed by atoms with van der Waals surface area (Å²) in [7, 11) is 1.62. The van der Waals surface area contributed by atoms with Crippen LogP contribution in [0.1, 0.15) is 112 Å². The van der Waals surface area contributed by atoms with Gasteiger partial charge in [0.25, 0.3) is 0 Å². The highest BCUT2D eigenvalue weighted by Crippen LogP contribution is 2.75. The molecule has 0 radical (unpaired) electrons. The number of rotatable bonds is 8. The number of hydrogen-bond donors (Lipinski definition) is 3. The highest BCUT2D eigenvalue weighted by molar-refractivity contribution is 5.96. The number of hydrogen-bond acceptors (Lipinski definition) is 8. The minimum absolute atomic E-state index is 0.00487. The Hall–Kier alpha value is -3.50. The number of nitrogens with zero attached hydrogens (tertiary/aromatic N) is 1. The summed E-state index contributed by atoms with van der Waals surface area (Å²) in [5, 5.41) is 28.5. The molecule has 10 heteroatoms. The van der Waals surface area contributed by atoms with Crippen molar-refractivity contribution in [1.29, 1.82) is 0 Å². The summed E-state index contributed by atoms with van der Waals surface area (Å²) in [6.07, 6.45) is 8.87. The summed E-state index contributed by atoms with van der Waals surface area (Å²) >= 11 is 0. The number of carbonyl (C=O) groups excluding carboxylic acids is 2. The zero-order chi connectivity index (χ0) is 38.4. The van der Waals surface area contributed by atoms with Crippen molar-refractivity contribution in [3.8, 4) is 17.0 Å². The summed E-state index contributed by atoms with van der Waals surface area (Å²) in [5.41, 5.74) is 0.378. The number of nitrogens with one attached hydrogen (secondary N) is 1. The molecule has 5 aliphatic carbocycles. The molecule has 10 nitrogen and oxygen atoms in total. The first-order valence-corrected chi connectivity index (χ1v) is 19.5. The number of allylic oxidation sites excluding steroid dienone is 2. The van der Waals surface area contributed by atoms with Gasteiger partial charge >= 0.3 is 5.97 Å². The van der Waals surface area contributed by atoms with E-state index in [4.69, 9.17) is 14.0 Å². The molecular formula is C43H58N2O8. The van der Waals surface area contributed by atoms with E-state index < -0.39 is 34.6 Å². The Kier molecular flexibility index (Phi) is 8.93. The number of aliphatic hydroxyl groups is 1. The van der Waals surface area contributed by atoms with Crippen LogP contribution in [-0.2, 0) is 25.7 Å². The zero-order valence-corrected chi connectivity index (χ0v) is 32.8. The summed E-state index contributed by atoms with van der Waals surface area (Å²) < 4.78 is 16.8. The van der Waals surface area contributed by atoms with Crippen LogP contribution in [0.5, 0.6) is 5.75 Å². The van der Waals surface area contributed by atoms with E-state index in [1.165, 1.54) is 5.57 Å². The van der Waals surface area contributed by atoms with Crippen LogP contribution in [0.3, 0.4) is 0 Å². The van der Waals surface area contributed by atoms with Crippen LogP contribution >= 0.6 is 0 Å². The van der Waals surface area contributed by atoms with Crippen molar-refractivity contribution in [2.45, 2.75) is 119 Å². The van der Waals surface area contributed by atoms with Gasteiger partial charge in [0.15, 0.2) is 17.3 Å². The van der Waals surface area contributed by atoms with Gasteiger partial charge in [0, 0.05) is 34.8 Å². The van der Waals surface area contributed by atoms with Gasteiger partial charge in [-0.25, -0.2) is 4.79 Å². The molecule has 1 aromatic heterocycles. The van der Waals surface area contributed by atoms with Crippen LogP contribution in [0, 0.1) is 50.2 Å². The van der Waals surface area contributed by atoms with Crippen molar-refractivity contribution < 1.29 is 38.6 Å². The minimum atomic E-state index is -1.59. The summed E-state index contributed by atoms with van der Waals surface area (Å²) in [6, 6.07) is 9.46. The molecule has 2 aromatic rings. The molecule has 288 valence electrons. The number of aliphatic carboxylic acids is 1. The SMILES string of the molecule is COc1ccccc1-c1cc(CNC(=O)[C@@]2(C)CC[C@]3(C)CC[C@]4(C)C(=CC(=O)C5[C@@]6(C)CC[C@@](O)(OCC(=O)O)C(C)(C)C6CC[C@]54C)[C@H]3C2)on1. The van der Waals surface area contributed by atoms with Crippen molar-refractivity contribution in [3.63, 3.8) is 0 Å². The first-order chi connectivity index (χ1) is 24.8. The van der Waals surface area contributed by atoms with Crippen molar-refractivity contribution in [2.75, 3.05) is 13.7 Å². The first kappa shape index (κ1) is 37.8. The Bertz CT molecular complexity index is 1850. The molecule has 5 aliphatic rings. The van der Waals surface area contributed by atoms with E-state index in [0.717, 1.165) is 44.1 Å². The van der Waals surface area contributed by atoms with Crippen LogP contribution < -0.4 is 10.1 Å². The topological polar surface area (TPSA) is 148 Å². The highest BCUT2D eigenvalue weighted by atomic mass is 16.6. The second-order valence-corrected chi connectivity index (χ2v) is 19.0. The molecule has 0 saturated heterocycles. The molecule has 4 saturated carbocycles. The van der Waals surface area contributed by atoms with E-state index in [9.17, 15) is 24.6 Å². The molecule has 7 rings (SSSR count). The van der Waals surface area contributed by atoms with Crippen LogP contribution in [0.15, 0.2) is 46.5 Å². The number of amides is 1. The molecule has 4 fully saturated rings. The molecule has 0 spiro atoms. The normalized spacial score (nSPS) is 40.1. The van der Waals surface area contributed by atoms with Gasteiger partial charge in [-0.1, -0.05) is 71.3 Å². The summed E-state index contributed by atoms with van der Waals surface area (Å²) in [6.45, 7) is 15.0. The van der Waals surface area contributed by atoms with Gasteiger partial charge in [0.2, 0.25) is 5.91 Å². The number of ketones is 1. The number of methoxy groups -OCH3 is 1. The second kappa shape index (κ2) is 12.5. The largest absolute Gasteiger partial charge is 0.496 e. The molecule has 0 bridgehead atoms. The molecule has 1 aromatic carbocycles. The molecular weight excluding hydrogens is 672 g/mol. The predicted octanol–water partition coefficient (Wildman–Crippen LogP) is 7.74. The van der Waals surface area contributed by atoms with E-state index in [-0.39, 0.29) is 58.7 Å². The minimum Gasteiger partial charge on any atom is -0.496 e. The fourth-order valence-corrected chi connectivity index (χ4v) is 12.5. The number of carboxylic acids is 1. The number of para-hydroxylation sites is 1. The lowest BCUT2D eigenvalue weighted by atomic mass is 9.33. The lowest BCUT2D eigenvalue weighted by Crippen LogP contribution is -2.69. The molecule has 3 N–H and O–H groups in total. The fraction of sp³-hybridized carbons (Fsp3) is 0.674. The van der Waals surface area contributed by atoms with Crippen molar-refractivity contribution >= 4 is 17.7 Å². The standard InChI is InChI=1S/C43H58N2O8/c1-37(2)33-13-14-42(7)35(40(33,5)18-20-43(37,50)52-25-34(47)48)31(46)22-28-29-23-39(4,16-15-38(29,3)17-19-41(28,42)6)36(49)44-24-26-21-30(45-53-26)27-11-9-10-12-32(27)51-8/h9-12,21-22,29,33,35,50H,13-20,23-25H2,1-8H3,(H,44,49)(H,47,48)/t29-,33?,35?,38-,39+,40+,41-,42-,43-/m1/s1. The summed E-state index contributed by atoms with van der Waals surface area (Å²) in [5.74, 6) is -1.46. The quantitative estimate of drug-likeness (QED) is 0.232. The van der Waals surface area contributed by atoms with Crippen molar-refractivity contribution in [2.24, 2.45) is 50.2 Å². The molecule has 1 amide bonds. The third-order valence-corrected chi connectivity index (χ3v) is 16.1. The smallest absolute Gasteiger partial charge is 0.329 e. The Balaban J connectivity index is 1.13. The van der Waals surface area contributed by atoms with Crippen molar-refractivity contribution in [3.05, 3.63) is 47.7 Å². The van der Waals surface area contributed by atoms with E-state index >= 15 is 0 Å². The summed E-state index contributed by atoms with van der Waals surface area (Å²) in [4.78, 5) is 40.3. The predicted molar refractivity (Wildman–Crippen MR) is 198 cm³/mol. The number of fused-ring (bicyclic) bond motifs is 7. The molecule has 2 unspecified atom stereocenters. The Morgan fingerprint density at radius 3 is 2.42 bits per heavy atom. The number of carboxylic acid groups (broad SMARTS) is 1. The van der Waals surface area contributed by atoms with Gasteiger partial charge in [0.1, 0.15) is 18.1 Å². The third-order valence-electron chi connectivity index (χ3n) is 16.1. The van der Waals surface area contributed by atoms with Crippen molar-refractivity contribution in [1.82, 2.24) is 10.5 Å². The maximum Gasteiger partial charge on any atom is 0.329 e.